The van der Waals surface area contributed by atoms with Gasteiger partial charge in [0.05, 0.1) is 6.61 Å². The molecule has 1 atom stereocenters. The summed E-state index contributed by atoms with van der Waals surface area (Å²) in [6, 6.07) is 7.86. The second-order valence-corrected chi connectivity index (χ2v) is 5.50. The number of rotatable bonds is 7. The van der Waals surface area contributed by atoms with Crippen molar-refractivity contribution in [3.05, 3.63) is 29.8 Å². The van der Waals surface area contributed by atoms with Crippen LogP contribution in [0.4, 0.5) is 0 Å². The van der Waals surface area contributed by atoms with Gasteiger partial charge in [0, 0.05) is 31.6 Å². The van der Waals surface area contributed by atoms with Crippen molar-refractivity contribution < 1.29 is 9.53 Å². The molecule has 2 N–H and O–H groups in total. The maximum Gasteiger partial charge on any atom is 0.224 e. The van der Waals surface area contributed by atoms with Gasteiger partial charge >= 0.3 is 0 Å². The average Bonchev–Trinajstić information content (AvgIpc) is 3.25. The first kappa shape index (κ1) is 14.9. The summed E-state index contributed by atoms with van der Waals surface area (Å²) in [6.45, 7) is 3.15. The molecule has 0 aromatic heterocycles. The molecule has 0 bridgehead atoms. The molecule has 110 valence electrons. The highest BCUT2D eigenvalue weighted by molar-refractivity contribution is 5.76. The maximum absolute atomic E-state index is 12.2. The van der Waals surface area contributed by atoms with Gasteiger partial charge < -0.3 is 15.4 Å². The van der Waals surface area contributed by atoms with Crippen LogP contribution in [0.2, 0.25) is 0 Å². The van der Waals surface area contributed by atoms with Crippen molar-refractivity contribution in [1.82, 2.24) is 4.90 Å². The molecule has 0 radical (unpaired) electrons. The molecule has 2 rings (SSSR count). The van der Waals surface area contributed by atoms with Crippen LogP contribution < -0.4 is 10.5 Å². The fourth-order valence-electron chi connectivity index (χ4n) is 2.32. The van der Waals surface area contributed by atoms with Gasteiger partial charge in [-0.2, -0.15) is 0 Å². The van der Waals surface area contributed by atoms with Gasteiger partial charge in [-0.3, -0.25) is 4.79 Å². The average molecular weight is 276 g/mol. The number of nitrogens with zero attached hydrogens (tertiary/aromatic N) is 1. The van der Waals surface area contributed by atoms with Gasteiger partial charge in [0.1, 0.15) is 5.75 Å². The minimum atomic E-state index is 0.0204. The molecular formula is C16H24N2O2. The minimum Gasteiger partial charge on any atom is -0.494 e. The highest BCUT2D eigenvalue weighted by Gasteiger charge is 2.30. The molecule has 1 unspecified atom stereocenters. The lowest BCUT2D eigenvalue weighted by atomic mass is 10.1. The van der Waals surface area contributed by atoms with Gasteiger partial charge in [-0.15, -0.1) is 0 Å². The molecule has 0 aliphatic heterocycles. The van der Waals surface area contributed by atoms with Crippen molar-refractivity contribution in [3.8, 4) is 5.75 Å². The van der Waals surface area contributed by atoms with E-state index in [1.165, 1.54) is 12.8 Å². The summed E-state index contributed by atoms with van der Waals surface area (Å²) in [7, 11) is 1.82. The van der Waals surface area contributed by atoms with E-state index in [0.717, 1.165) is 11.3 Å². The van der Waals surface area contributed by atoms with Gasteiger partial charge in [0.15, 0.2) is 0 Å². The third-order valence-electron chi connectivity index (χ3n) is 3.74. The van der Waals surface area contributed by atoms with Crippen LogP contribution in [0.25, 0.3) is 0 Å². The van der Waals surface area contributed by atoms with E-state index in [1.54, 1.807) is 4.90 Å². The Morgan fingerprint density at radius 1 is 1.45 bits per heavy atom. The van der Waals surface area contributed by atoms with Crippen LogP contribution in [0.3, 0.4) is 0 Å². The molecule has 1 aliphatic rings. The van der Waals surface area contributed by atoms with Gasteiger partial charge in [0.25, 0.3) is 0 Å². The van der Waals surface area contributed by atoms with E-state index < -0.39 is 0 Å². The number of para-hydroxylation sites is 1. The first-order chi connectivity index (χ1) is 9.61. The normalized spacial score (nSPS) is 15.8. The van der Waals surface area contributed by atoms with Crippen molar-refractivity contribution in [1.29, 1.82) is 0 Å². The molecule has 1 fully saturated rings. The zero-order valence-electron chi connectivity index (χ0n) is 12.3. The van der Waals surface area contributed by atoms with E-state index in [-0.39, 0.29) is 11.9 Å². The zero-order chi connectivity index (χ0) is 14.5. The molecule has 1 saturated carbocycles. The summed E-state index contributed by atoms with van der Waals surface area (Å²) < 4.78 is 5.58. The van der Waals surface area contributed by atoms with E-state index >= 15 is 0 Å². The van der Waals surface area contributed by atoms with Crippen LogP contribution in [-0.2, 0) is 11.3 Å². The summed E-state index contributed by atoms with van der Waals surface area (Å²) in [5.41, 5.74) is 7.05. The van der Waals surface area contributed by atoms with Crippen LogP contribution in [0, 0.1) is 5.92 Å². The Kier molecular flexibility index (Phi) is 5.01. The quantitative estimate of drug-likeness (QED) is 0.830. The number of carbonyl (C=O) groups is 1. The molecule has 1 amide bonds. The highest BCUT2D eigenvalue weighted by Crippen LogP contribution is 2.33. The van der Waals surface area contributed by atoms with E-state index in [0.29, 0.717) is 25.5 Å². The lowest BCUT2D eigenvalue weighted by molar-refractivity contribution is -0.130. The summed E-state index contributed by atoms with van der Waals surface area (Å²) >= 11 is 0. The van der Waals surface area contributed by atoms with Crippen LogP contribution in [0.15, 0.2) is 24.3 Å². The van der Waals surface area contributed by atoms with Crippen LogP contribution in [0.5, 0.6) is 5.75 Å². The molecule has 0 heterocycles. The SMILES string of the molecule is CCOc1ccccc1CN(C)C(=O)CC(N)C1CC1. The van der Waals surface area contributed by atoms with Crippen molar-refractivity contribution in [2.24, 2.45) is 11.7 Å². The Balaban J connectivity index is 1.92. The minimum absolute atomic E-state index is 0.0204. The number of amides is 1. The molecule has 4 heteroatoms. The highest BCUT2D eigenvalue weighted by atomic mass is 16.5. The predicted molar refractivity (Wildman–Crippen MR) is 79.4 cm³/mol. The number of hydrogen-bond acceptors (Lipinski definition) is 3. The molecule has 0 saturated heterocycles. The summed E-state index contributed by atoms with van der Waals surface area (Å²) in [5.74, 6) is 1.51. The molecule has 20 heavy (non-hydrogen) atoms. The molecule has 0 spiro atoms. The topological polar surface area (TPSA) is 55.6 Å². The Hall–Kier alpha value is -1.55. The third-order valence-corrected chi connectivity index (χ3v) is 3.74. The van der Waals surface area contributed by atoms with Crippen LogP contribution >= 0.6 is 0 Å². The lowest BCUT2D eigenvalue weighted by Crippen LogP contribution is -2.34. The maximum atomic E-state index is 12.2. The second-order valence-electron chi connectivity index (χ2n) is 5.50. The lowest BCUT2D eigenvalue weighted by Gasteiger charge is -2.21. The first-order valence-corrected chi connectivity index (χ1v) is 7.32. The van der Waals surface area contributed by atoms with Crippen LogP contribution in [0.1, 0.15) is 31.7 Å². The third kappa shape index (κ3) is 3.97. The predicted octanol–water partition coefficient (Wildman–Crippen LogP) is 2.17. The Morgan fingerprint density at radius 2 is 2.15 bits per heavy atom. The van der Waals surface area contributed by atoms with E-state index in [1.807, 2.05) is 38.2 Å². The fourth-order valence-corrected chi connectivity index (χ4v) is 2.32. The van der Waals surface area contributed by atoms with E-state index in [2.05, 4.69) is 0 Å². The van der Waals surface area contributed by atoms with Crippen molar-refractivity contribution in [2.45, 2.75) is 38.8 Å². The van der Waals surface area contributed by atoms with Gasteiger partial charge in [-0.05, 0) is 31.7 Å². The standard InChI is InChI=1S/C16H24N2O2/c1-3-20-15-7-5-4-6-13(15)11-18(2)16(19)10-14(17)12-8-9-12/h4-7,12,14H,3,8-11,17H2,1-2H3. The Labute approximate surface area is 120 Å². The van der Waals surface area contributed by atoms with E-state index in [4.69, 9.17) is 10.5 Å². The second kappa shape index (κ2) is 6.75. The first-order valence-electron chi connectivity index (χ1n) is 7.32. The monoisotopic (exact) mass is 276 g/mol. The summed E-state index contributed by atoms with van der Waals surface area (Å²) in [5, 5.41) is 0. The Morgan fingerprint density at radius 3 is 2.80 bits per heavy atom. The number of benzene rings is 1. The van der Waals surface area contributed by atoms with Crippen molar-refractivity contribution in [3.63, 3.8) is 0 Å². The van der Waals surface area contributed by atoms with Crippen molar-refractivity contribution >= 4 is 5.91 Å². The smallest absolute Gasteiger partial charge is 0.224 e. The van der Waals surface area contributed by atoms with E-state index in [9.17, 15) is 4.79 Å². The Bertz CT molecular complexity index is 458. The molecular weight excluding hydrogens is 252 g/mol. The largest absolute Gasteiger partial charge is 0.494 e. The van der Waals surface area contributed by atoms with Crippen LogP contribution in [-0.4, -0.2) is 30.5 Å². The summed E-state index contributed by atoms with van der Waals surface area (Å²) in [4.78, 5) is 13.9. The number of carbonyl (C=O) groups excluding carboxylic acids is 1. The number of hydrogen-bond donors (Lipinski definition) is 1. The summed E-state index contributed by atoms with van der Waals surface area (Å²) in [6.07, 6.45) is 2.79. The van der Waals surface area contributed by atoms with Gasteiger partial charge in [-0.25, -0.2) is 0 Å². The molecule has 4 nitrogen and oxygen atoms in total. The molecule has 1 aromatic carbocycles. The number of ether oxygens (including phenoxy) is 1. The van der Waals surface area contributed by atoms with Gasteiger partial charge in [-0.1, -0.05) is 18.2 Å². The number of nitrogens with two attached hydrogens (primary N) is 1. The van der Waals surface area contributed by atoms with Gasteiger partial charge in [0.2, 0.25) is 5.91 Å². The zero-order valence-corrected chi connectivity index (χ0v) is 12.3. The van der Waals surface area contributed by atoms with Crippen molar-refractivity contribution in [2.75, 3.05) is 13.7 Å². The fraction of sp³-hybridized carbons (Fsp3) is 0.562. The molecule has 1 aliphatic carbocycles. The molecule has 1 aromatic rings.